The number of alkyl carbamates (subject to hydrolysis) is 1. The van der Waals surface area contributed by atoms with Gasteiger partial charge in [0.05, 0.1) is 7.11 Å². The smallest absolute Gasteiger partial charge is 0.407 e. The van der Waals surface area contributed by atoms with Gasteiger partial charge in [-0.3, -0.25) is 0 Å². The molecule has 0 aliphatic heterocycles. The lowest BCUT2D eigenvalue weighted by Crippen LogP contribution is -2.59. The molecule has 244 valence electrons. The number of nitrogens with one attached hydrogen (secondary N) is 1. The summed E-state index contributed by atoms with van der Waals surface area (Å²) in [5, 5.41) is 3.19. The fourth-order valence-corrected chi connectivity index (χ4v) is 6.95. The minimum atomic E-state index is -1.28. The SMILES string of the molecule is COC(=O)[C@](Cc1ccc(OCc2ccccc2)cc1)(O[SiH3])C(C)[C@H]([C@H](Cc1ccccc1)NC(=O)OC(C)(C)C)C(C)(C)C. The summed E-state index contributed by atoms with van der Waals surface area (Å²) >= 11 is 0. The minimum Gasteiger partial charge on any atom is -0.489 e. The summed E-state index contributed by atoms with van der Waals surface area (Å²) in [5.41, 5.74) is 0.791. The second-order valence-corrected chi connectivity index (χ2v) is 14.2. The van der Waals surface area contributed by atoms with Crippen LogP contribution < -0.4 is 10.1 Å². The first-order valence-corrected chi connectivity index (χ1v) is 16.4. The predicted octanol–water partition coefficient (Wildman–Crippen LogP) is 6.45. The molecule has 0 aliphatic rings. The molecular weight excluding hydrogens is 582 g/mol. The van der Waals surface area contributed by atoms with Crippen molar-refractivity contribution in [3.63, 3.8) is 0 Å². The van der Waals surface area contributed by atoms with Crippen LogP contribution in [-0.4, -0.2) is 46.9 Å². The van der Waals surface area contributed by atoms with E-state index in [9.17, 15) is 9.59 Å². The van der Waals surface area contributed by atoms with Gasteiger partial charge in [-0.15, -0.1) is 0 Å². The van der Waals surface area contributed by atoms with Crippen molar-refractivity contribution >= 4 is 22.5 Å². The number of ether oxygens (including phenoxy) is 3. The van der Waals surface area contributed by atoms with Crippen LogP contribution in [0.5, 0.6) is 5.75 Å². The van der Waals surface area contributed by atoms with Crippen molar-refractivity contribution in [1.29, 1.82) is 0 Å². The molecule has 3 rings (SSSR count). The number of carbonyl (C=O) groups excluding carboxylic acids is 2. The van der Waals surface area contributed by atoms with Crippen LogP contribution in [-0.2, 0) is 38.1 Å². The molecule has 0 aromatic heterocycles. The van der Waals surface area contributed by atoms with Gasteiger partial charge in [0.2, 0.25) is 0 Å². The Kier molecular flexibility index (Phi) is 12.4. The van der Waals surface area contributed by atoms with Crippen LogP contribution in [0.1, 0.15) is 65.2 Å². The molecule has 1 N–H and O–H groups in total. The summed E-state index contributed by atoms with van der Waals surface area (Å²) in [4.78, 5) is 27.0. The average Bonchev–Trinajstić information content (AvgIpc) is 2.98. The molecule has 0 spiro atoms. The van der Waals surface area contributed by atoms with E-state index in [1.165, 1.54) is 7.11 Å². The lowest BCUT2D eigenvalue weighted by Gasteiger charge is -2.48. The lowest BCUT2D eigenvalue weighted by molar-refractivity contribution is -0.168. The highest BCUT2D eigenvalue weighted by Gasteiger charge is 2.52. The van der Waals surface area contributed by atoms with E-state index >= 15 is 0 Å². The van der Waals surface area contributed by atoms with E-state index in [2.05, 4.69) is 26.1 Å². The fraction of sp³-hybridized carbons (Fsp3) is 0.459. The first-order valence-electron chi connectivity index (χ1n) is 15.6. The van der Waals surface area contributed by atoms with E-state index in [-0.39, 0.29) is 23.3 Å². The van der Waals surface area contributed by atoms with Gasteiger partial charge in [-0.05, 0) is 67.3 Å². The Morgan fingerprint density at radius 2 is 1.36 bits per heavy atom. The Morgan fingerprint density at radius 3 is 1.84 bits per heavy atom. The van der Waals surface area contributed by atoms with Crippen LogP contribution in [0, 0.1) is 17.3 Å². The van der Waals surface area contributed by atoms with Gasteiger partial charge in [0.15, 0.2) is 5.60 Å². The second kappa shape index (κ2) is 15.6. The predicted molar refractivity (Wildman–Crippen MR) is 182 cm³/mol. The summed E-state index contributed by atoms with van der Waals surface area (Å²) in [5.74, 6) is -0.269. The van der Waals surface area contributed by atoms with E-state index in [0.717, 1.165) is 22.4 Å². The van der Waals surface area contributed by atoms with Crippen LogP contribution in [0.15, 0.2) is 84.9 Å². The Balaban J connectivity index is 1.98. The normalized spacial score (nSPS) is 15.3. The topological polar surface area (TPSA) is 83.1 Å². The van der Waals surface area contributed by atoms with Crippen molar-refractivity contribution in [3.8, 4) is 5.75 Å². The Bertz CT molecular complexity index is 1350. The maximum atomic E-state index is 13.8. The standard InChI is InChI=1S/C37H51NO6Si/c1-26(32(35(2,3)4)31(23-27-15-11-9-12-16-27)38-34(40)43-36(5,6)7)37(44-45,33(39)41-8)24-28-19-21-30(22-20-28)42-25-29-17-13-10-14-18-29/h9-22,26,31-32H,23-25H2,1-8,45H3,(H,38,40)/t26?,31-,32+,37+/m0/s1. The maximum absolute atomic E-state index is 13.8. The number of carbonyl (C=O) groups is 2. The molecule has 0 saturated heterocycles. The van der Waals surface area contributed by atoms with E-state index in [0.29, 0.717) is 29.9 Å². The minimum absolute atomic E-state index is 0.216. The zero-order valence-corrected chi connectivity index (χ0v) is 30.4. The highest BCUT2D eigenvalue weighted by molar-refractivity contribution is 6.00. The number of benzene rings is 3. The molecule has 4 atom stereocenters. The van der Waals surface area contributed by atoms with Gasteiger partial charge in [0.1, 0.15) is 28.4 Å². The Morgan fingerprint density at radius 1 is 0.800 bits per heavy atom. The van der Waals surface area contributed by atoms with E-state index in [1.54, 1.807) is 0 Å². The van der Waals surface area contributed by atoms with Crippen molar-refractivity contribution < 1.29 is 28.2 Å². The number of amides is 1. The largest absolute Gasteiger partial charge is 0.489 e. The molecule has 3 aromatic rings. The zero-order valence-electron chi connectivity index (χ0n) is 28.4. The quantitative estimate of drug-likeness (QED) is 0.172. The number of hydrogen-bond donors (Lipinski definition) is 1. The monoisotopic (exact) mass is 633 g/mol. The molecule has 0 aliphatic carbocycles. The molecule has 7 nitrogen and oxygen atoms in total. The van der Waals surface area contributed by atoms with Crippen molar-refractivity contribution in [1.82, 2.24) is 5.32 Å². The molecule has 1 unspecified atom stereocenters. The van der Waals surface area contributed by atoms with Crippen LogP contribution in [0.2, 0.25) is 0 Å². The highest BCUT2D eigenvalue weighted by Crippen LogP contribution is 2.44. The summed E-state index contributed by atoms with van der Waals surface area (Å²) in [6.07, 6.45) is 0.366. The fourth-order valence-electron chi connectivity index (χ4n) is 6.27. The van der Waals surface area contributed by atoms with Crippen molar-refractivity contribution in [2.75, 3.05) is 7.11 Å². The third-order valence-electron chi connectivity index (χ3n) is 8.24. The number of rotatable bonds is 13. The van der Waals surface area contributed by atoms with Crippen LogP contribution in [0.4, 0.5) is 4.79 Å². The first kappa shape index (κ1) is 35.9. The molecule has 1 amide bonds. The summed E-state index contributed by atoms with van der Waals surface area (Å²) in [6.45, 7) is 14.4. The van der Waals surface area contributed by atoms with Gasteiger partial charge in [-0.25, -0.2) is 9.59 Å². The molecule has 0 fully saturated rings. The molecule has 0 saturated carbocycles. The average molecular weight is 634 g/mol. The third-order valence-corrected chi connectivity index (χ3v) is 8.97. The molecule has 3 aromatic carbocycles. The molecule has 8 heteroatoms. The third kappa shape index (κ3) is 10.2. The number of esters is 1. The van der Waals surface area contributed by atoms with Crippen LogP contribution in [0.3, 0.4) is 0 Å². The second-order valence-electron chi connectivity index (χ2n) is 13.8. The number of hydrogen-bond acceptors (Lipinski definition) is 6. The maximum Gasteiger partial charge on any atom is 0.407 e. The van der Waals surface area contributed by atoms with Crippen LogP contribution >= 0.6 is 0 Å². The van der Waals surface area contributed by atoms with E-state index in [4.69, 9.17) is 18.6 Å². The van der Waals surface area contributed by atoms with Gasteiger partial charge >= 0.3 is 12.1 Å². The van der Waals surface area contributed by atoms with E-state index < -0.39 is 23.3 Å². The van der Waals surface area contributed by atoms with Gasteiger partial charge in [0.25, 0.3) is 0 Å². The van der Waals surface area contributed by atoms with Gasteiger partial charge in [-0.1, -0.05) is 100 Å². The molecule has 0 radical (unpaired) electrons. The Labute approximate surface area is 272 Å². The van der Waals surface area contributed by atoms with Crippen molar-refractivity contribution in [2.24, 2.45) is 17.3 Å². The van der Waals surface area contributed by atoms with Crippen molar-refractivity contribution in [3.05, 3.63) is 102 Å². The van der Waals surface area contributed by atoms with Crippen LogP contribution in [0.25, 0.3) is 0 Å². The summed E-state index contributed by atoms with van der Waals surface area (Å²) in [6, 6.07) is 27.5. The zero-order chi connectivity index (χ0) is 33.3. The van der Waals surface area contributed by atoms with E-state index in [1.807, 2.05) is 113 Å². The first-order chi connectivity index (χ1) is 21.2. The Hall–Kier alpha value is -3.62. The van der Waals surface area contributed by atoms with Gasteiger partial charge in [0, 0.05) is 18.4 Å². The van der Waals surface area contributed by atoms with Gasteiger partial charge < -0.3 is 24.0 Å². The van der Waals surface area contributed by atoms with Gasteiger partial charge in [-0.2, -0.15) is 0 Å². The molecule has 0 bridgehead atoms. The molecular formula is C37H51NO6Si. The number of methoxy groups -OCH3 is 1. The molecule has 0 heterocycles. The summed E-state index contributed by atoms with van der Waals surface area (Å²) in [7, 11) is 1.70. The highest BCUT2D eigenvalue weighted by atomic mass is 28.2. The summed E-state index contributed by atoms with van der Waals surface area (Å²) < 4.78 is 23.5. The van der Waals surface area contributed by atoms with Crippen molar-refractivity contribution in [2.45, 2.75) is 85.2 Å². The lowest BCUT2D eigenvalue weighted by atomic mass is 9.62. The molecule has 45 heavy (non-hydrogen) atoms.